The van der Waals surface area contributed by atoms with Crippen LogP contribution in [-0.4, -0.2) is 25.5 Å². The second kappa shape index (κ2) is 8.65. The zero-order valence-electron chi connectivity index (χ0n) is 11.9. The van der Waals surface area contributed by atoms with Crippen LogP contribution in [0.15, 0.2) is 0 Å². The molecule has 0 aromatic carbocycles. The summed E-state index contributed by atoms with van der Waals surface area (Å²) in [6.07, 6.45) is 9.72. The lowest BCUT2D eigenvalue weighted by atomic mass is 9.75. The quantitative estimate of drug-likeness (QED) is 0.644. The highest BCUT2D eigenvalue weighted by Gasteiger charge is 2.37. The zero-order valence-corrected chi connectivity index (χ0v) is 11.9. The summed E-state index contributed by atoms with van der Waals surface area (Å²) in [5.74, 6) is 0.379. The summed E-state index contributed by atoms with van der Waals surface area (Å²) >= 11 is 0. The van der Waals surface area contributed by atoms with Crippen molar-refractivity contribution in [2.24, 2.45) is 11.1 Å². The fourth-order valence-corrected chi connectivity index (χ4v) is 2.69. The molecule has 106 valence electrons. The van der Waals surface area contributed by atoms with Crippen molar-refractivity contribution in [2.45, 2.75) is 64.7 Å². The van der Waals surface area contributed by atoms with Gasteiger partial charge in [0.15, 0.2) is 0 Å². The van der Waals surface area contributed by atoms with Crippen molar-refractivity contribution < 1.29 is 9.53 Å². The van der Waals surface area contributed by atoms with Crippen LogP contribution in [-0.2, 0) is 9.53 Å². The highest BCUT2D eigenvalue weighted by atomic mass is 16.5. The van der Waals surface area contributed by atoms with Gasteiger partial charge in [-0.3, -0.25) is 4.79 Å². The number of Topliss-reactive ketones (excluding diaryl/α,β-unsaturated/α-hetero) is 1. The van der Waals surface area contributed by atoms with E-state index >= 15 is 0 Å². The van der Waals surface area contributed by atoms with Crippen LogP contribution in [0.4, 0.5) is 0 Å². The van der Waals surface area contributed by atoms with Gasteiger partial charge in [-0.2, -0.15) is 0 Å². The SMILES string of the molecule is CCCCCCCCC(=O)C1(CN)CCOCC1. The van der Waals surface area contributed by atoms with Crippen LogP contribution in [0.1, 0.15) is 64.7 Å². The lowest BCUT2D eigenvalue weighted by Gasteiger charge is -2.34. The number of rotatable bonds is 9. The average molecular weight is 255 g/mol. The Balaban J connectivity index is 2.21. The Morgan fingerprint density at radius 3 is 2.33 bits per heavy atom. The van der Waals surface area contributed by atoms with Gasteiger partial charge in [0.25, 0.3) is 0 Å². The minimum absolute atomic E-state index is 0.262. The summed E-state index contributed by atoms with van der Waals surface area (Å²) in [5, 5.41) is 0. The summed E-state index contributed by atoms with van der Waals surface area (Å²) in [5.41, 5.74) is 5.57. The maximum atomic E-state index is 12.3. The van der Waals surface area contributed by atoms with Crippen LogP contribution in [0.2, 0.25) is 0 Å². The summed E-state index contributed by atoms with van der Waals surface area (Å²) < 4.78 is 5.34. The molecule has 1 saturated heterocycles. The van der Waals surface area contributed by atoms with E-state index < -0.39 is 0 Å². The smallest absolute Gasteiger partial charge is 0.140 e. The van der Waals surface area contributed by atoms with Crippen LogP contribution >= 0.6 is 0 Å². The van der Waals surface area contributed by atoms with E-state index in [9.17, 15) is 4.79 Å². The molecule has 2 N–H and O–H groups in total. The lowest BCUT2D eigenvalue weighted by molar-refractivity contribution is -0.133. The number of hydrogen-bond donors (Lipinski definition) is 1. The molecule has 0 radical (unpaired) electrons. The van der Waals surface area contributed by atoms with E-state index in [2.05, 4.69) is 6.92 Å². The number of unbranched alkanes of at least 4 members (excludes halogenated alkanes) is 5. The van der Waals surface area contributed by atoms with Crippen molar-refractivity contribution in [3.8, 4) is 0 Å². The Bertz CT molecular complexity index is 235. The van der Waals surface area contributed by atoms with Crippen molar-refractivity contribution in [3.63, 3.8) is 0 Å². The van der Waals surface area contributed by atoms with E-state index in [-0.39, 0.29) is 5.41 Å². The minimum Gasteiger partial charge on any atom is -0.381 e. The molecule has 1 fully saturated rings. The predicted octanol–water partition coefficient (Wildman–Crippen LogP) is 3.06. The van der Waals surface area contributed by atoms with Crippen molar-refractivity contribution >= 4 is 5.78 Å². The molecule has 0 amide bonds. The van der Waals surface area contributed by atoms with E-state index in [1.807, 2.05) is 0 Å². The second-order valence-corrected chi connectivity index (χ2v) is 5.54. The molecule has 0 aliphatic carbocycles. The first kappa shape index (κ1) is 15.6. The average Bonchev–Trinajstić information content (AvgIpc) is 2.43. The molecule has 1 aliphatic heterocycles. The third-order valence-electron chi connectivity index (χ3n) is 4.19. The molecule has 1 heterocycles. The number of nitrogens with two attached hydrogens (primary N) is 1. The van der Waals surface area contributed by atoms with Gasteiger partial charge < -0.3 is 10.5 Å². The molecule has 1 aliphatic rings. The van der Waals surface area contributed by atoms with Crippen molar-refractivity contribution in [2.75, 3.05) is 19.8 Å². The van der Waals surface area contributed by atoms with E-state index in [1.165, 1.54) is 32.1 Å². The fourth-order valence-electron chi connectivity index (χ4n) is 2.69. The van der Waals surface area contributed by atoms with Gasteiger partial charge in [-0.15, -0.1) is 0 Å². The minimum atomic E-state index is -0.262. The summed E-state index contributed by atoms with van der Waals surface area (Å²) in [6.45, 7) is 4.10. The van der Waals surface area contributed by atoms with Gasteiger partial charge in [0.1, 0.15) is 5.78 Å². The van der Waals surface area contributed by atoms with Gasteiger partial charge >= 0.3 is 0 Å². The summed E-state index contributed by atoms with van der Waals surface area (Å²) in [6, 6.07) is 0. The molecule has 3 heteroatoms. The van der Waals surface area contributed by atoms with Crippen molar-refractivity contribution in [1.82, 2.24) is 0 Å². The van der Waals surface area contributed by atoms with Crippen LogP contribution in [0.3, 0.4) is 0 Å². The molecule has 18 heavy (non-hydrogen) atoms. The largest absolute Gasteiger partial charge is 0.381 e. The van der Waals surface area contributed by atoms with Gasteiger partial charge in [0.2, 0.25) is 0 Å². The first-order valence-corrected chi connectivity index (χ1v) is 7.56. The molecule has 0 spiro atoms. The van der Waals surface area contributed by atoms with Gasteiger partial charge in [0, 0.05) is 31.6 Å². The maximum Gasteiger partial charge on any atom is 0.140 e. The van der Waals surface area contributed by atoms with Crippen LogP contribution in [0.5, 0.6) is 0 Å². The Kier molecular flexibility index (Phi) is 7.52. The molecule has 0 aromatic rings. The standard InChI is InChI=1S/C15H29NO2/c1-2-3-4-5-6-7-8-14(17)15(13-16)9-11-18-12-10-15/h2-13,16H2,1H3. The highest BCUT2D eigenvalue weighted by Crippen LogP contribution is 2.32. The third kappa shape index (κ3) is 4.69. The summed E-state index contributed by atoms with van der Waals surface area (Å²) in [4.78, 5) is 12.3. The number of carbonyl (C=O) groups is 1. The monoisotopic (exact) mass is 255 g/mol. The predicted molar refractivity (Wildman–Crippen MR) is 74.5 cm³/mol. The molecule has 0 aromatic heterocycles. The molecule has 0 atom stereocenters. The summed E-state index contributed by atoms with van der Waals surface area (Å²) in [7, 11) is 0. The van der Waals surface area contributed by atoms with Crippen molar-refractivity contribution in [1.29, 1.82) is 0 Å². The Labute approximate surface area is 111 Å². The van der Waals surface area contributed by atoms with Crippen LogP contribution in [0.25, 0.3) is 0 Å². The van der Waals surface area contributed by atoms with Crippen LogP contribution < -0.4 is 5.73 Å². The molecule has 1 rings (SSSR count). The van der Waals surface area contributed by atoms with Crippen molar-refractivity contribution in [3.05, 3.63) is 0 Å². The molecule has 0 unspecified atom stereocenters. The normalized spacial score (nSPS) is 18.8. The third-order valence-corrected chi connectivity index (χ3v) is 4.19. The molecular formula is C15H29NO2. The highest BCUT2D eigenvalue weighted by molar-refractivity contribution is 5.85. The number of ketones is 1. The van der Waals surface area contributed by atoms with E-state index in [0.29, 0.717) is 32.0 Å². The molecule has 0 bridgehead atoms. The van der Waals surface area contributed by atoms with Crippen LogP contribution in [0, 0.1) is 5.41 Å². The second-order valence-electron chi connectivity index (χ2n) is 5.54. The van der Waals surface area contributed by atoms with Gasteiger partial charge in [0.05, 0.1) is 0 Å². The van der Waals surface area contributed by atoms with E-state index in [4.69, 9.17) is 10.5 Å². The van der Waals surface area contributed by atoms with Gasteiger partial charge in [-0.1, -0.05) is 39.0 Å². The van der Waals surface area contributed by atoms with E-state index in [0.717, 1.165) is 19.3 Å². The number of carbonyl (C=O) groups excluding carboxylic acids is 1. The Hall–Kier alpha value is -0.410. The topological polar surface area (TPSA) is 52.3 Å². The van der Waals surface area contributed by atoms with Gasteiger partial charge in [-0.05, 0) is 19.3 Å². The van der Waals surface area contributed by atoms with Gasteiger partial charge in [-0.25, -0.2) is 0 Å². The fraction of sp³-hybridized carbons (Fsp3) is 0.933. The Morgan fingerprint density at radius 1 is 1.11 bits per heavy atom. The first-order chi connectivity index (χ1) is 8.75. The van der Waals surface area contributed by atoms with E-state index in [1.54, 1.807) is 0 Å². The molecule has 3 nitrogen and oxygen atoms in total. The maximum absolute atomic E-state index is 12.3. The zero-order chi connectivity index (χ0) is 13.3. The first-order valence-electron chi connectivity index (χ1n) is 7.56. The lowest BCUT2D eigenvalue weighted by Crippen LogP contribution is -2.43. The number of hydrogen-bond acceptors (Lipinski definition) is 3. The molecular weight excluding hydrogens is 226 g/mol. The number of ether oxygens (including phenoxy) is 1. The Morgan fingerprint density at radius 2 is 1.72 bits per heavy atom. The molecule has 0 saturated carbocycles.